The van der Waals surface area contributed by atoms with Crippen LogP contribution < -0.4 is 0 Å². The van der Waals surface area contributed by atoms with Gasteiger partial charge in [0.05, 0.1) is 10.2 Å². The van der Waals surface area contributed by atoms with Crippen molar-refractivity contribution in [2.45, 2.75) is 11.4 Å². The van der Waals surface area contributed by atoms with Gasteiger partial charge >= 0.3 is 0 Å². The molecular formula is C16H16BrNO3S. The first-order valence-corrected chi connectivity index (χ1v) is 9.21. The van der Waals surface area contributed by atoms with Gasteiger partial charge in [-0.2, -0.15) is 4.31 Å². The maximum atomic E-state index is 12.5. The Balaban J connectivity index is 2.20. The Morgan fingerprint density at radius 2 is 1.64 bits per heavy atom. The molecule has 0 aliphatic heterocycles. The van der Waals surface area contributed by atoms with Gasteiger partial charge in [-0.25, -0.2) is 8.42 Å². The Labute approximate surface area is 138 Å². The fraction of sp³-hybridized carbons (Fsp3) is 0.188. The molecule has 0 fully saturated rings. The van der Waals surface area contributed by atoms with E-state index in [0.29, 0.717) is 12.1 Å². The summed E-state index contributed by atoms with van der Waals surface area (Å²) in [5, 5.41) is 0.215. The standard InChI is InChI=1S/C16H16BrNO3S/c1-18(12-13-5-3-2-4-6-13)22(20,21)15-9-7-14(8-10-15)16(19)11-17/h2-10H,11-12H2,1H3. The number of benzene rings is 2. The molecule has 0 bridgehead atoms. The Bertz CT molecular complexity index is 743. The summed E-state index contributed by atoms with van der Waals surface area (Å²) < 4.78 is 26.3. The van der Waals surface area contributed by atoms with Gasteiger partial charge in [-0.1, -0.05) is 58.4 Å². The number of ketones is 1. The van der Waals surface area contributed by atoms with Crippen LogP contribution in [0.4, 0.5) is 0 Å². The van der Waals surface area contributed by atoms with Crippen molar-refractivity contribution >= 4 is 31.7 Å². The van der Waals surface area contributed by atoms with Crippen molar-refractivity contribution in [2.24, 2.45) is 0 Å². The molecule has 2 rings (SSSR count). The Morgan fingerprint density at radius 1 is 1.05 bits per heavy atom. The highest BCUT2D eigenvalue weighted by molar-refractivity contribution is 9.09. The predicted molar refractivity (Wildman–Crippen MR) is 89.7 cm³/mol. The van der Waals surface area contributed by atoms with Gasteiger partial charge in [0.25, 0.3) is 0 Å². The molecule has 0 aromatic heterocycles. The second-order valence-corrected chi connectivity index (χ2v) is 7.43. The van der Waals surface area contributed by atoms with Crippen molar-refractivity contribution in [1.29, 1.82) is 0 Å². The summed E-state index contributed by atoms with van der Waals surface area (Å²) in [7, 11) is -2.03. The number of Topliss-reactive ketones (excluding diaryl/α,β-unsaturated/α-hetero) is 1. The van der Waals surface area contributed by atoms with Gasteiger partial charge in [0, 0.05) is 19.2 Å². The number of hydrogen-bond donors (Lipinski definition) is 0. The molecule has 0 spiro atoms. The quantitative estimate of drug-likeness (QED) is 0.570. The molecule has 0 N–H and O–H groups in total. The molecule has 0 saturated carbocycles. The maximum Gasteiger partial charge on any atom is 0.243 e. The zero-order chi connectivity index (χ0) is 16.2. The summed E-state index contributed by atoms with van der Waals surface area (Å²) in [5.41, 5.74) is 1.40. The van der Waals surface area contributed by atoms with Crippen LogP contribution in [-0.2, 0) is 16.6 Å². The van der Waals surface area contributed by atoms with E-state index in [4.69, 9.17) is 0 Å². The zero-order valence-corrected chi connectivity index (χ0v) is 14.5. The van der Waals surface area contributed by atoms with Crippen LogP contribution in [0.1, 0.15) is 15.9 Å². The number of alkyl halides is 1. The lowest BCUT2D eigenvalue weighted by Crippen LogP contribution is -2.26. The van der Waals surface area contributed by atoms with E-state index in [-0.39, 0.29) is 16.0 Å². The third-order valence-corrected chi connectivity index (χ3v) is 5.58. The first-order valence-electron chi connectivity index (χ1n) is 6.64. The topological polar surface area (TPSA) is 54.5 Å². The molecule has 0 aliphatic carbocycles. The average Bonchev–Trinajstić information content (AvgIpc) is 2.55. The molecule has 0 atom stereocenters. The number of carbonyl (C=O) groups is 1. The van der Waals surface area contributed by atoms with Crippen molar-refractivity contribution in [3.05, 3.63) is 65.7 Å². The summed E-state index contributed by atoms with van der Waals surface area (Å²) in [5.74, 6) is -0.0819. The summed E-state index contributed by atoms with van der Waals surface area (Å²) in [4.78, 5) is 11.7. The van der Waals surface area contributed by atoms with Gasteiger partial charge < -0.3 is 0 Å². The number of sulfonamides is 1. The van der Waals surface area contributed by atoms with Crippen molar-refractivity contribution in [3.8, 4) is 0 Å². The minimum atomic E-state index is -3.58. The van der Waals surface area contributed by atoms with E-state index in [1.54, 1.807) is 7.05 Å². The van der Waals surface area contributed by atoms with Crippen LogP contribution in [-0.4, -0.2) is 30.9 Å². The summed E-state index contributed by atoms with van der Waals surface area (Å²) in [6.07, 6.45) is 0. The van der Waals surface area contributed by atoms with E-state index in [0.717, 1.165) is 5.56 Å². The molecule has 0 amide bonds. The fourth-order valence-corrected chi connectivity index (χ4v) is 3.48. The number of nitrogens with zero attached hydrogens (tertiary/aromatic N) is 1. The molecular weight excluding hydrogens is 366 g/mol. The maximum absolute atomic E-state index is 12.5. The molecule has 22 heavy (non-hydrogen) atoms. The molecule has 116 valence electrons. The van der Waals surface area contributed by atoms with Gasteiger partial charge in [-0.05, 0) is 17.7 Å². The predicted octanol–water partition coefficient (Wildman–Crippen LogP) is 3.08. The number of hydrogen-bond acceptors (Lipinski definition) is 3. The first-order chi connectivity index (χ1) is 10.4. The van der Waals surface area contributed by atoms with Crippen LogP contribution in [0.15, 0.2) is 59.5 Å². The molecule has 0 radical (unpaired) electrons. The van der Waals surface area contributed by atoms with E-state index in [1.165, 1.54) is 28.6 Å². The van der Waals surface area contributed by atoms with Crippen molar-refractivity contribution in [2.75, 3.05) is 12.4 Å². The van der Waals surface area contributed by atoms with Crippen molar-refractivity contribution in [3.63, 3.8) is 0 Å². The Kier molecular flexibility index (Phi) is 5.50. The minimum Gasteiger partial charge on any atom is -0.293 e. The largest absolute Gasteiger partial charge is 0.293 e. The Hall–Kier alpha value is -1.50. The smallest absolute Gasteiger partial charge is 0.243 e. The van der Waals surface area contributed by atoms with E-state index in [9.17, 15) is 13.2 Å². The van der Waals surface area contributed by atoms with E-state index in [1.807, 2.05) is 30.3 Å². The molecule has 0 aliphatic rings. The molecule has 6 heteroatoms. The second-order valence-electron chi connectivity index (χ2n) is 4.83. The molecule has 2 aromatic carbocycles. The van der Waals surface area contributed by atoms with Crippen LogP contribution in [0.25, 0.3) is 0 Å². The SMILES string of the molecule is CN(Cc1ccccc1)S(=O)(=O)c1ccc(C(=O)CBr)cc1. The van der Waals surface area contributed by atoms with Gasteiger partial charge in [-0.15, -0.1) is 0 Å². The van der Waals surface area contributed by atoms with Crippen molar-refractivity contribution in [1.82, 2.24) is 4.31 Å². The fourth-order valence-electron chi connectivity index (χ4n) is 2.00. The van der Waals surface area contributed by atoms with Gasteiger partial charge in [0.2, 0.25) is 10.0 Å². The molecule has 0 saturated heterocycles. The van der Waals surface area contributed by atoms with Gasteiger partial charge in [0.1, 0.15) is 0 Å². The minimum absolute atomic E-state index is 0.0819. The van der Waals surface area contributed by atoms with Crippen LogP contribution in [0.5, 0.6) is 0 Å². The van der Waals surface area contributed by atoms with Gasteiger partial charge in [0.15, 0.2) is 5.78 Å². The van der Waals surface area contributed by atoms with Gasteiger partial charge in [-0.3, -0.25) is 4.79 Å². The molecule has 4 nitrogen and oxygen atoms in total. The number of rotatable bonds is 6. The lowest BCUT2D eigenvalue weighted by Gasteiger charge is -2.17. The highest BCUT2D eigenvalue weighted by Crippen LogP contribution is 2.18. The highest BCUT2D eigenvalue weighted by atomic mass is 79.9. The van der Waals surface area contributed by atoms with E-state index in [2.05, 4.69) is 15.9 Å². The number of halogens is 1. The third kappa shape index (κ3) is 3.82. The summed E-state index contributed by atoms with van der Waals surface area (Å²) in [6, 6.07) is 15.4. The summed E-state index contributed by atoms with van der Waals surface area (Å²) >= 11 is 3.09. The van der Waals surface area contributed by atoms with E-state index < -0.39 is 10.0 Å². The lowest BCUT2D eigenvalue weighted by molar-refractivity contribution is 0.102. The first kappa shape index (κ1) is 16.9. The van der Waals surface area contributed by atoms with Crippen LogP contribution in [0.3, 0.4) is 0 Å². The lowest BCUT2D eigenvalue weighted by atomic mass is 10.2. The Morgan fingerprint density at radius 3 is 2.18 bits per heavy atom. The summed E-state index contributed by atoms with van der Waals surface area (Å²) in [6.45, 7) is 0.297. The molecule has 0 heterocycles. The highest BCUT2D eigenvalue weighted by Gasteiger charge is 2.21. The molecule has 2 aromatic rings. The third-order valence-electron chi connectivity index (χ3n) is 3.25. The number of carbonyl (C=O) groups excluding carboxylic acids is 1. The van der Waals surface area contributed by atoms with Crippen LogP contribution >= 0.6 is 15.9 Å². The monoisotopic (exact) mass is 381 g/mol. The molecule has 0 unspecified atom stereocenters. The zero-order valence-electron chi connectivity index (χ0n) is 12.1. The average molecular weight is 382 g/mol. The normalized spacial score (nSPS) is 11.6. The van der Waals surface area contributed by atoms with Crippen LogP contribution in [0.2, 0.25) is 0 Å². The van der Waals surface area contributed by atoms with Crippen molar-refractivity contribution < 1.29 is 13.2 Å². The van der Waals surface area contributed by atoms with Crippen LogP contribution in [0, 0.1) is 0 Å². The second kappa shape index (κ2) is 7.17. The van der Waals surface area contributed by atoms with E-state index >= 15 is 0 Å².